The largest absolute Gasteiger partial charge is 0.493 e. The molecule has 0 saturated heterocycles. The molecule has 1 aromatic heterocycles. The molecule has 3 rings (SSSR count). The van der Waals surface area contributed by atoms with Gasteiger partial charge in [-0.2, -0.15) is 0 Å². The van der Waals surface area contributed by atoms with Crippen LogP contribution in [0.2, 0.25) is 0 Å². The van der Waals surface area contributed by atoms with E-state index in [9.17, 15) is 9.59 Å². The lowest BCUT2D eigenvalue weighted by molar-refractivity contribution is 0.1000. The van der Waals surface area contributed by atoms with Gasteiger partial charge in [0.25, 0.3) is 11.8 Å². The summed E-state index contributed by atoms with van der Waals surface area (Å²) in [7, 11) is 1.54. The number of carbonyl (C=O) groups is 2. The summed E-state index contributed by atoms with van der Waals surface area (Å²) in [6, 6.07) is 5.04. The summed E-state index contributed by atoms with van der Waals surface area (Å²) >= 11 is 1.45. The van der Waals surface area contributed by atoms with Gasteiger partial charge in [0.05, 0.1) is 19.3 Å². The molecule has 3 N–H and O–H groups in total. The fourth-order valence-corrected chi connectivity index (χ4v) is 4.83. The molecular formula is C21H26N2O4S. The van der Waals surface area contributed by atoms with Gasteiger partial charge >= 0.3 is 0 Å². The van der Waals surface area contributed by atoms with Gasteiger partial charge in [-0.25, -0.2) is 0 Å². The minimum atomic E-state index is -0.497. The van der Waals surface area contributed by atoms with E-state index in [1.807, 2.05) is 6.92 Å². The number of hydrogen-bond acceptors (Lipinski definition) is 5. The molecule has 6 nitrogen and oxygen atoms in total. The Morgan fingerprint density at radius 2 is 2.11 bits per heavy atom. The standard InChI is InChI=1S/C21H26N2O4S/c1-4-9-27-15-8-6-13(11-16(15)26-3)20(25)23-21-18(19(22)24)14-7-5-12(2)10-17(14)28-21/h6,8,11-12H,4-5,7,9-10H2,1-3H3,(H2,22,24)(H,23,25)/t12-/m0/s1. The highest BCUT2D eigenvalue weighted by Crippen LogP contribution is 2.39. The zero-order valence-electron chi connectivity index (χ0n) is 16.5. The summed E-state index contributed by atoms with van der Waals surface area (Å²) in [6.45, 7) is 4.79. The van der Waals surface area contributed by atoms with Crippen LogP contribution in [0.4, 0.5) is 5.00 Å². The van der Waals surface area contributed by atoms with Crippen LogP contribution in [0.3, 0.4) is 0 Å². The molecule has 2 amide bonds. The second-order valence-corrected chi connectivity index (χ2v) is 8.19. The van der Waals surface area contributed by atoms with E-state index < -0.39 is 5.91 Å². The normalized spacial score (nSPS) is 15.6. The Labute approximate surface area is 169 Å². The summed E-state index contributed by atoms with van der Waals surface area (Å²) in [5, 5.41) is 3.41. The van der Waals surface area contributed by atoms with Gasteiger partial charge < -0.3 is 20.5 Å². The van der Waals surface area contributed by atoms with Gasteiger partial charge in [0.15, 0.2) is 11.5 Å². The zero-order chi connectivity index (χ0) is 20.3. The molecule has 1 heterocycles. The Bertz CT molecular complexity index is 891. The quantitative estimate of drug-likeness (QED) is 0.732. The number of nitrogens with two attached hydrogens (primary N) is 1. The fourth-order valence-electron chi connectivity index (χ4n) is 3.41. The number of ether oxygens (including phenoxy) is 2. The second-order valence-electron chi connectivity index (χ2n) is 7.09. The van der Waals surface area contributed by atoms with Crippen molar-refractivity contribution in [3.8, 4) is 11.5 Å². The van der Waals surface area contributed by atoms with E-state index in [0.29, 0.717) is 40.2 Å². The number of fused-ring (bicyclic) bond motifs is 1. The number of hydrogen-bond donors (Lipinski definition) is 2. The molecule has 0 spiro atoms. The third-order valence-corrected chi connectivity index (χ3v) is 6.04. The van der Waals surface area contributed by atoms with E-state index >= 15 is 0 Å². The van der Waals surface area contributed by atoms with Gasteiger partial charge in [-0.15, -0.1) is 11.3 Å². The van der Waals surface area contributed by atoms with E-state index in [1.165, 1.54) is 18.4 Å². The van der Waals surface area contributed by atoms with Gasteiger partial charge in [-0.3, -0.25) is 9.59 Å². The monoisotopic (exact) mass is 402 g/mol. The van der Waals surface area contributed by atoms with Gasteiger partial charge in [0, 0.05) is 10.4 Å². The van der Waals surface area contributed by atoms with Crippen molar-refractivity contribution in [2.24, 2.45) is 11.7 Å². The van der Waals surface area contributed by atoms with Crippen molar-refractivity contribution in [2.45, 2.75) is 39.5 Å². The van der Waals surface area contributed by atoms with Crippen LogP contribution in [0.25, 0.3) is 0 Å². The highest BCUT2D eigenvalue weighted by Gasteiger charge is 2.27. The number of benzene rings is 1. The first-order valence-corrected chi connectivity index (χ1v) is 10.3. The van der Waals surface area contributed by atoms with E-state index in [1.54, 1.807) is 18.2 Å². The third-order valence-electron chi connectivity index (χ3n) is 4.87. The van der Waals surface area contributed by atoms with Crippen LogP contribution < -0.4 is 20.5 Å². The summed E-state index contributed by atoms with van der Waals surface area (Å²) in [6.07, 6.45) is 3.63. The van der Waals surface area contributed by atoms with Crippen molar-refractivity contribution in [1.29, 1.82) is 0 Å². The smallest absolute Gasteiger partial charge is 0.256 e. The highest BCUT2D eigenvalue weighted by atomic mass is 32.1. The summed E-state index contributed by atoms with van der Waals surface area (Å²) in [4.78, 5) is 26.0. The molecule has 2 aromatic rings. The molecule has 150 valence electrons. The lowest BCUT2D eigenvalue weighted by Crippen LogP contribution is -2.19. The molecule has 1 aromatic carbocycles. The molecule has 0 fully saturated rings. The van der Waals surface area contributed by atoms with Crippen molar-refractivity contribution >= 4 is 28.2 Å². The molecule has 0 saturated carbocycles. The van der Waals surface area contributed by atoms with Crippen molar-refractivity contribution in [1.82, 2.24) is 0 Å². The predicted molar refractivity (Wildman–Crippen MR) is 111 cm³/mol. The van der Waals surface area contributed by atoms with E-state index in [2.05, 4.69) is 12.2 Å². The average Bonchev–Trinajstić information content (AvgIpc) is 3.02. The number of nitrogens with one attached hydrogen (secondary N) is 1. The molecular weight excluding hydrogens is 376 g/mol. The van der Waals surface area contributed by atoms with Crippen LogP contribution in [-0.2, 0) is 12.8 Å². The van der Waals surface area contributed by atoms with Crippen molar-refractivity contribution in [2.75, 3.05) is 19.0 Å². The zero-order valence-corrected chi connectivity index (χ0v) is 17.3. The van der Waals surface area contributed by atoms with Crippen molar-refractivity contribution in [3.63, 3.8) is 0 Å². The van der Waals surface area contributed by atoms with Gasteiger partial charge in [-0.05, 0) is 55.4 Å². The van der Waals surface area contributed by atoms with Crippen LogP contribution in [0.1, 0.15) is 57.8 Å². The highest BCUT2D eigenvalue weighted by molar-refractivity contribution is 7.17. The molecule has 1 aliphatic rings. The Morgan fingerprint density at radius 3 is 2.79 bits per heavy atom. The van der Waals surface area contributed by atoms with Crippen LogP contribution in [-0.4, -0.2) is 25.5 Å². The Hall–Kier alpha value is -2.54. The van der Waals surface area contributed by atoms with Gasteiger partial charge in [0.2, 0.25) is 0 Å². The maximum absolute atomic E-state index is 12.8. The SMILES string of the molecule is CCCOc1ccc(C(=O)Nc2sc3c(c2C(N)=O)CC[C@H](C)C3)cc1OC. The van der Waals surface area contributed by atoms with Gasteiger partial charge in [0.1, 0.15) is 5.00 Å². The third kappa shape index (κ3) is 4.14. The predicted octanol–water partition coefficient (Wildman–Crippen LogP) is 4.02. The topological polar surface area (TPSA) is 90.6 Å². The number of rotatable bonds is 7. The first-order valence-electron chi connectivity index (χ1n) is 9.51. The Morgan fingerprint density at radius 1 is 1.32 bits per heavy atom. The minimum Gasteiger partial charge on any atom is -0.493 e. The molecule has 28 heavy (non-hydrogen) atoms. The number of anilines is 1. The molecule has 0 radical (unpaired) electrons. The van der Waals surface area contributed by atoms with Crippen LogP contribution in [0.15, 0.2) is 18.2 Å². The summed E-state index contributed by atoms with van der Waals surface area (Å²) in [5.74, 6) is 0.850. The molecule has 1 aliphatic carbocycles. The number of amides is 2. The van der Waals surface area contributed by atoms with Gasteiger partial charge in [-0.1, -0.05) is 13.8 Å². The van der Waals surface area contributed by atoms with E-state index in [4.69, 9.17) is 15.2 Å². The van der Waals surface area contributed by atoms with Crippen LogP contribution in [0.5, 0.6) is 11.5 Å². The van der Waals surface area contributed by atoms with Crippen molar-refractivity contribution < 1.29 is 19.1 Å². The second kappa shape index (κ2) is 8.65. The summed E-state index contributed by atoms with van der Waals surface area (Å²) < 4.78 is 11.0. The van der Waals surface area contributed by atoms with E-state index in [-0.39, 0.29) is 5.91 Å². The molecule has 0 unspecified atom stereocenters. The van der Waals surface area contributed by atoms with Crippen molar-refractivity contribution in [3.05, 3.63) is 39.8 Å². The van der Waals surface area contributed by atoms with E-state index in [0.717, 1.165) is 36.1 Å². The van der Waals surface area contributed by atoms with Crippen LogP contribution >= 0.6 is 11.3 Å². The molecule has 1 atom stereocenters. The lowest BCUT2D eigenvalue weighted by atomic mass is 9.88. The maximum atomic E-state index is 12.8. The Kier molecular flexibility index (Phi) is 6.24. The number of thiophene rings is 1. The maximum Gasteiger partial charge on any atom is 0.256 e. The number of methoxy groups -OCH3 is 1. The van der Waals surface area contributed by atoms with Crippen LogP contribution in [0, 0.1) is 5.92 Å². The Balaban J connectivity index is 1.86. The lowest BCUT2D eigenvalue weighted by Gasteiger charge is -2.18. The fraction of sp³-hybridized carbons (Fsp3) is 0.429. The molecule has 0 aliphatic heterocycles. The summed E-state index contributed by atoms with van der Waals surface area (Å²) in [5.41, 5.74) is 7.50. The first kappa shape index (κ1) is 20.2. The molecule has 0 bridgehead atoms. The average molecular weight is 403 g/mol. The first-order chi connectivity index (χ1) is 13.4. The minimum absolute atomic E-state index is 0.311. The molecule has 7 heteroatoms. The number of primary amides is 1. The number of carbonyl (C=O) groups excluding carboxylic acids is 2.